The van der Waals surface area contributed by atoms with Crippen LogP contribution < -0.4 is 5.32 Å². The van der Waals surface area contributed by atoms with E-state index in [2.05, 4.69) is 5.32 Å². The smallest absolute Gasteiger partial charge is 0.306 e. The van der Waals surface area contributed by atoms with Crippen LogP contribution in [-0.2, 0) is 4.79 Å². The predicted octanol–water partition coefficient (Wildman–Crippen LogP) is 3.61. The summed E-state index contributed by atoms with van der Waals surface area (Å²) in [6, 6.07) is 17.1. The van der Waals surface area contributed by atoms with Gasteiger partial charge in [-0.05, 0) is 36.6 Å². The van der Waals surface area contributed by atoms with Gasteiger partial charge in [0.2, 0.25) is 0 Å². The van der Waals surface area contributed by atoms with Crippen molar-refractivity contribution in [1.29, 1.82) is 0 Å². The number of piperidine rings is 1. The normalized spacial score (nSPS) is 20.1. The van der Waals surface area contributed by atoms with Crippen LogP contribution in [0.5, 0.6) is 0 Å². The van der Waals surface area contributed by atoms with Crippen LogP contribution >= 0.6 is 0 Å². The lowest BCUT2D eigenvalue weighted by molar-refractivity contribution is -0.145. The summed E-state index contributed by atoms with van der Waals surface area (Å²) in [7, 11) is 0. The molecule has 3 rings (SSSR count). The summed E-state index contributed by atoms with van der Waals surface area (Å²) in [5.41, 5.74) is 2.28. The Bertz CT molecular complexity index is 761. The molecule has 1 fully saturated rings. The van der Waals surface area contributed by atoms with Crippen molar-refractivity contribution in [2.24, 2.45) is 11.8 Å². The van der Waals surface area contributed by atoms with Gasteiger partial charge in [0.15, 0.2) is 0 Å². The molecule has 1 saturated heterocycles. The van der Waals surface area contributed by atoms with Gasteiger partial charge in [0.05, 0.1) is 17.2 Å². The van der Waals surface area contributed by atoms with E-state index in [0.717, 1.165) is 11.4 Å². The van der Waals surface area contributed by atoms with E-state index >= 15 is 0 Å². The lowest BCUT2D eigenvalue weighted by Gasteiger charge is -2.35. The number of amides is 1. The van der Waals surface area contributed by atoms with Crippen LogP contribution in [0, 0.1) is 11.8 Å². The number of aliphatic carboxylic acids is 1. The summed E-state index contributed by atoms with van der Waals surface area (Å²) in [5, 5.41) is 12.5. The number of benzene rings is 2. The molecule has 0 bridgehead atoms. The molecule has 2 unspecified atom stereocenters. The van der Waals surface area contributed by atoms with Gasteiger partial charge in [-0.2, -0.15) is 0 Å². The molecule has 0 radical (unpaired) electrons. The van der Waals surface area contributed by atoms with Gasteiger partial charge in [-0.25, -0.2) is 0 Å². The molecule has 0 spiro atoms. The van der Waals surface area contributed by atoms with Gasteiger partial charge in [0, 0.05) is 18.8 Å². The summed E-state index contributed by atoms with van der Waals surface area (Å²) >= 11 is 0. The van der Waals surface area contributed by atoms with Crippen molar-refractivity contribution >= 4 is 23.3 Å². The summed E-state index contributed by atoms with van der Waals surface area (Å²) in [6.07, 6.45) is 0.497. The van der Waals surface area contributed by atoms with Gasteiger partial charge in [0.1, 0.15) is 0 Å². The van der Waals surface area contributed by atoms with Gasteiger partial charge < -0.3 is 15.3 Å². The lowest BCUT2D eigenvalue weighted by Crippen LogP contribution is -2.45. The molecule has 0 aliphatic carbocycles. The zero-order chi connectivity index (χ0) is 17.8. The Kier molecular flexibility index (Phi) is 5.03. The number of likely N-dealkylation sites (tertiary alicyclic amines) is 1. The Labute approximate surface area is 147 Å². The molecule has 1 aliphatic heterocycles. The third-order valence-corrected chi connectivity index (χ3v) is 4.72. The minimum absolute atomic E-state index is 0.0514. The fourth-order valence-electron chi connectivity index (χ4n) is 3.32. The van der Waals surface area contributed by atoms with Crippen molar-refractivity contribution in [3.05, 3.63) is 60.2 Å². The Morgan fingerprint density at radius 3 is 2.44 bits per heavy atom. The SMILES string of the molecule is CC1CN(C(=O)c2ccccc2Nc2ccccc2)CCC1C(=O)O. The number of carboxylic acid groups (broad SMARTS) is 1. The Balaban J connectivity index is 1.78. The van der Waals surface area contributed by atoms with Crippen molar-refractivity contribution in [2.45, 2.75) is 13.3 Å². The average Bonchev–Trinajstić information content (AvgIpc) is 2.62. The van der Waals surface area contributed by atoms with Gasteiger partial charge >= 0.3 is 5.97 Å². The van der Waals surface area contributed by atoms with Crippen molar-refractivity contribution in [1.82, 2.24) is 4.90 Å². The number of carbonyl (C=O) groups is 2. The number of rotatable bonds is 4. The summed E-state index contributed by atoms with van der Waals surface area (Å²) < 4.78 is 0. The first-order valence-corrected chi connectivity index (χ1v) is 8.49. The standard InChI is InChI=1S/C20H22N2O3/c1-14-13-22(12-11-16(14)20(24)25)19(23)17-9-5-6-10-18(17)21-15-7-3-2-4-8-15/h2-10,14,16,21H,11-13H2,1H3,(H,24,25). The molecule has 1 heterocycles. The first-order valence-electron chi connectivity index (χ1n) is 8.49. The van der Waals surface area contributed by atoms with E-state index < -0.39 is 5.97 Å². The summed E-state index contributed by atoms with van der Waals surface area (Å²) in [5.74, 6) is -1.26. The van der Waals surface area contributed by atoms with Crippen molar-refractivity contribution < 1.29 is 14.7 Å². The first kappa shape index (κ1) is 17.0. The largest absolute Gasteiger partial charge is 0.481 e. The first-order chi connectivity index (χ1) is 12.1. The number of anilines is 2. The van der Waals surface area contributed by atoms with E-state index in [-0.39, 0.29) is 17.7 Å². The number of nitrogens with zero attached hydrogens (tertiary/aromatic N) is 1. The maximum atomic E-state index is 13.0. The van der Waals surface area contributed by atoms with E-state index in [4.69, 9.17) is 0 Å². The van der Waals surface area contributed by atoms with Crippen LogP contribution in [-0.4, -0.2) is 35.0 Å². The van der Waals surface area contributed by atoms with Crippen molar-refractivity contribution in [3.8, 4) is 0 Å². The van der Waals surface area contributed by atoms with Crippen LogP contribution in [0.3, 0.4) is 0 Å². The third kappa shape index (κ3) is 3.82. The van der Waals surface area contributed by atoms with Crippen LogP contribution in [0.25, 0.3) is 0 Å². The second kappa shape index (κ2) is 7.38. The molecule has 2 aromatic rings. The Morgan fingerprint density at radius 2 is 1.76 bits per heavy atom. The Hall–Kier alpha value is -2.82. The van der Waals surface area contributed by atoms with Gasteiger partial charge in [-0.3, -0.25) is 9.59 Å². The predicted molar refractivity (Wildman–Crippen MR) is 97.0 cm³/mol. The van der Waals surface area contributed by atoms with E-state index in [1.54, 1.807) is 4.90 Å². The highest BCUT2D eigenvalue weighted by molar-refractivity contribution is 6.00. The third-order valence-electron chi connectivity index (χ3n) is 4.72. The van der Waals surface area contributed by atoms with Gasteiger partial charge in [-0.15, -0.1) is 0 Å². The molecule has 2 atom stereocenters. The van der Waals surface area contributed by atoms with E-state index in [9.17, 15) is 14.7 Å². The maximum Gasteiger partial charge on any atom is 0.306 e. The highest BCUT2D eigenvalue weighted by Crippen LogP contribution is 2.27. The summed E-state index contributed by atoms with van der Waals surface area (Å²) in [4.78, 5) is 26.0. The molecule has 5 nitrogen and oxygen atoms in total. The van der Waals surface area contributed by atoms with Crippen LogP contribution in [0.4, 0.5) is 11.4 Å². The monoisotopic (exact) mass is 338 g/mol. The number of para-hydroxylation sites is 2. The molecular weight excluding hydrogens is 316 g/mol. The number of hydrogen-bond donors (Lipinski definition) is 2. The summed E-state index contributed by atoms with van der Waals surface area (Å²) in [6.45, 7) is 2.83. The van der Waals surface area contributed by atoms with E-state index in [1.807, 2.05) is 61.5 Å². The number of carbonyl (C=O) groups excluding carboxylic acids is 1. The maximum absolute atomic E-state index is 13.0. The van der Waals surface area contributed by atoms with Gasteiger partial charge in [0.25, 0.3) is 5.91 Å². The molecule has 0 aromatic heterocycles. The van der Waals surface area contributed by atoms with Crippen LogP contribution in [0.1, 0.15) is 23.7 Å². The number of carboxylic acids is 1. The quantitative estimate of drug-likeness (QED) is 0.893. The van der Waals surface area contributed by atoms with Crippen molar-refractivity contribution in [3.63, 3.8) is 0 Å². The zero-order valence-corrected chi connectivity index (χ0v) is 14.2. The van der Waals surface area contributed by atoms with E-state index in [1.165, 1.54) is 0 Å². The second-order valence-corrected chi connectivity index (χ2v) is 6.50. The molecular formula is C20H22N2O3. The molecule has 2 N–H and O–H groups in total. The number of hydrogen-bond acceptors (Lipinski definition) is 3. The average molecular weight is 338 g/mol. The molecule has 1 amide bonds. The van der Waals surface area contributed by atoms with Crippen LogP contribution in [0.15, 0.2) is 54.6 Å². The van der Waals surface area contributed by atoms with E-state index in [0.29, 0.717) is 25.1 Å². The number of nitrogens with one attached hydrogen (secondary N) is 1. The minimum Gasteiger partial charge on any atom is -0.481 e. The van der Waals surface area contributed by atoms with Crippen molar-refractivity contribution in [2.75, 3.05) is 18.4 Å². The lowest BCUT2D eigenvalue weighted by atomic mass is 9.86. The molecule has 130 valence electrons. The second-order valence-electron chi connectivity index (χ2n) is 6.50. The molecule has 2 aromatic carbocycles. The fourth-order valence-corrected chi connectivity index (χ4v) is 3.32. The topological polar surface area (TPSA) is 69.6 Å². The Morgan fingerprint density at radius 1 is 1.08 bits per heavy atom. The molecule has 0 saturated carbocycles. The highest BCUT2D eigenvalue weighted by atomic mass is 16.4. The molecule has 5 heteroatoms. The van der Waals surface area contributed by atoms with Crippen LogP contribution in [0.2, 0.25) is 0 Å². The minimum atomic E-state index is -0.772. The van der Waals surface area contributed by atoms with Gasteiger partial charge in [-0.1, -0.05) is 37.3 Å². The highest BCUT2D eigenvalue weighted by Gasteiger charge is 2.33. The molecule has 1 aliphatic rings. The fraction of sp³-hybridized carbons (Fsp3) is 0.300. The molecule has 25 heavy (non-hydrogen) atoms. The zero-order valence-electron chi connectivity index (χ0n) is 14.2.